The lowest BCUT2D eigenvalue weighted by Crippen LogP contribution is -2.41. The van der Waals surface area contributed by atoms with Crippen molar-refractivity contribution in [2.45, 2.75) is 13.3 Å². The average Bonchev–Trinajstić information content (AvgIpc) is 2.97. The van der Waals surface area contributed by atoms with Crippen LogP contribution in [0.5, 0.6) is 0 Å². The zero-order valence-corrected chi connectivity index (χ0v) is 15.0. The molecule has 1 aliphatic heterocycles. The van der Waals surface area contributed by atoms with Gasteiger partial charge in [0.05, 0.1) is 30.4 Å². The average molecular weight is 364 g/mol. The van der Waals surface area contributed by atoms with Crippen molar-refractivity contribution in [3.05, 3.63) is 40.5 Å². The highest BCUT2D eigenvalue weighted by molar-refractivity contribution is 6.33. The van der Waals surface area contributed by atoms with Crippen molar-refractivity contribution in [2.75, 3.05) is 39.4 Å². The molecule has 6 nitrogen and oxygen atoms in total. The molecule has 0 radical (unpaired) electrons. The largest absolute Gasteiger partial charge is 0.379 e. The van der Waals surface area contributed by atoms with Crippen molar-refractivity contribution >= 4 is 17.5 Å². The summed E-state index contributed by atoms with van der Waals surface area (Å²) in [6.07, 6.45) is 0.221. The molecule has 1 aromatic carbocycles. The van der Waals surface area contributed by atoms with Gasteiger partial charge in [-0.05, 0) is 19.1 Å². The molecule has 1 fully saturated rings. The van der Waals surface area contributed by atoms with Gasteiger partial charge < -0.3 is 14.6 Å². The smallest absolute Gasteiger partial charge is 0.224 e. The number of aryl methyl sites for hydroxylation is 1. The van der Waals surface area contributed by atoms with E-state index in [2.05, 4.69) is 15.4 Å². The van der Waals surface area contributed by atoms with E-state index in [0.29, 0.717) is 23.0 Å². The number of ether oxygens (including phenoxy) is 1. The molecule has 1 aromatic heterocycles. The number of carbonyl (C=O) groups excluding carboxylic acids is 1. The summed E-state index contributed by atoms with van der Waals surface area (Å²) in [5.74, 6) is 0.513. The topological polar surface area (TPSA) is 67.6 Å². The van der Waals surface area contributed by atoms with Crippen LogP contribution in [0.3, 0.4) is 0 Å². The fourth-order valence-corrected chi connectivity index (χ4v) is 3.08. The molecule has 7 heteroatoms. The van der Waals surface area contributed by atoms with Crippen molar-refractivity contribution in [1.29, 1.82) is 0 Å². The first kappa shape index (κ1) is 17.9. The van der Waals surface area contributed by atoms with Gasteiger partial charge in [-0.15, -0.1) is 0 Å². The number of morpholine rings is 1. The van der Waals surface area contributed by atoms with Crippen LogP contribution in [0.1, 0.15) is 11.3 Å². The molecule has 134 valence electrons. The minimum Gasteiger partial charge on any atom is -0.379 e. The molecule has 1 amide bonds. The maximum atomic E-state index is 12.3. The Morgan fingerprint density at radius 3 is 2.84 bits per heavy atom. The Kier molecular flexibility index (Phi) is 6.07. The number of carbonyl (C=O) groups is 1. The van der Waals surface area contributed by atoms with Crippen molar-refractivity contribution in [3.8, 4) is 11.3 Å². The van der Waals surface area contributed by atoms with E-state index in [1.807, 2.05) is 25.1 Å². The predicted octanol–water partition coefficient (Wildman–Crippen LogP) is 2.29. The highest BCUT2D eigenvalue weighted by atomic mass is 35.5. The molecule has 1 N–H and O–H groups in total. The first-order valence-corrected chi connectivity index (χ1v) is 8.80. The van der Waals surface area contributed by atoms with Crippen LogP contribution in [0, 0.1) is 6.92 Å². The molecule has 0 bridgehead atoms. The van der Waals surface area contributed by atoms with Crippen LogP contribution >= 0.6 is 11.6 Å². The van der Waals surface area contributed by atoms with Crippen LogP contribution in [0.4, 0.5) is 0 Å². The van der Waals surface area contributed by atoms with Gasteiger partial charge in [-0.1, -0.05) is 28.9 Å². The summed E-state index contributed by atoms with van der Waals surface area (Å²) >= 11 is 6.24. The lowest BCUT2D eigenvalue weighted by molar-refractivity contribution is -0.120. The third-order valence-corrected chi connectivity index (χ3v) is 4.62. The summed E-state index contributed by atoms with van der Waals surface area (Å²) in [5.41, 5.74) is 2.23. The molecule has 0 saturated carbocycles. The van der Waals surface area contributed by atoms with Gasteiger partial charge in [-0.2, -0.15) is 0 Å². The molecule has 0 atom stereocenters. The lowest BCUT2D eigenvalue weighted by atomic mass is 10.0. The van der Waals surface area contributed by atoms with Gasteiger partial charge in [0.15, 0.2) is 5.76 Å². The summed E-state index contributed by atoms with van der Waals surface area (Å²) in [7, 11) is 0. The van der Waals surface area contributed by atoms with Crippen LogP contribution in [-0.2, 0) is 16.0 Å². The first-order valence-electron chi connectivity index (χ1n) is 8.42. The van der Waals surface area contributed by atoms with E-state index in [9.17, 15) is 4.79 Å². The molecular formula is C18H22ClN3O3. The van der Waals surface area contributed by atoms with Gasteiger partial charge in [-0.3, -0.25) is 9.69 Å². The molecule has 1 aliphatic rings. The minimum atomic E-state index is -0.0483. The second-order valence-electron chi connectivity index (χ2n) is 6.04. The van der Waals surface area contributed by atoms with Gasteiger partial charge in [0.2, 0.25) is 5.91 Å². The molecule has 25 heavy (non-hydrogen) atoms. The quantitative estimate of drug-likeness (QED) is 0.853. The number of nitrogens with zero attached hydrogens (tertiary/aromatic N) is 2. The number of nitrogens with one attached hydrogen (secondary N) is 1. The molecule has 3 rings (SSSR count). The van der Waals surface area contributed by atoms with E-state index in [0.717, 1.165) is 44.0 Å². The second-order valence-corrected chi connectivity index (χ2v) is 6.44. The van der Waals surface area contributed by atoms with Gasteiger partial charge in [0.1, 0.15) is 0 Å². The summed E-state index contributed by atoms with van der Waals surface area (Å²) in [6.45, 7) is 6.62. The normalized spacial score (nSPS) is 15.3. The first-order chi connectivity index (χ1) is 12.1. The zero-order chi connectivity index (χ0) is 17.6. The number of hydrogen-bond acceptors (Lipinski definition) is 5. The maximum absolute atomic E-state index is 12.3. The molecule has 2 heterocycles. The Labute approximate surface area is 152 Å². The summed E-state index contributed by atoms with van der Waals surface area (Å²) in [6, 6.07) is 7.39. The van der Waals surface area contributed by atoms with Crippen molar-refractivity contribution in [1.82, 2.24) is 15.4 Å². The molecule has 0 spiro atoms. The Balaban J connectivity index is 1.60. The van der Waals surface area contributed by atoms with Crippen LogP contribution in [0.2, 0.25) is 5.02 Å². The van der Waals surface area contributed by atoms with Gasteiger partial charge >= 0.3 is 0 Å². The standard InChI is InChI=1S/C18H22ClN3O3/c1-13-15(18(25-21-13)14-4-2-3-5-16(14)19)12-17(23)20-6-7-22-8-10-24-11-9-22/h2-5H,6-12H2,1H3,(H,20,23). The maximum Gasteiger partial charge on any atom is 0.224 e. The van der Waals surface area contributed by atoms with Crippen LogP contribution in [-0.4, -0.2) is 55.4 Å². The van der Waals surface area contributed by atoms with Gasteiger partial charge in [0, 0.05) is 37.3 Å². The second kappa shape index (κ2) is 8.47. The van der Waals surface area contributed by atoms with Crippen LogP contribution in [0.15, 0.2) is 28.8 Å². The molecule has 1 saturated heterocycles. The fraction of sp³-hybridized carbons (Fsp3) is 0.444. The van der Waals surface area contributed by atoms with Crippen LogP contribution < -0.4 is 5.32 Å². The summed E-state index contributed by atoms with van der Waals surface area (Å²) in [5, 5.41) is 7.55. The number of hydrogen-bond donors (Lipinski definition) is 1. The Hall–Kier alpha value is -1.89. The highest BCUT2D eigenvalue weighted by Crippen LogP contribution is 2.32. The van der Waals surface area contributed by atoms with E-state index < -0.39 is 0 Å². The van der Waals surface area contributed by atoms with E-state index in [1.54, 1.807) is 6.07 Å². The number of halogens is 1. The number of amides is 1. The fourth-order valence-electron chi connectivity index (χ4n) is 2.86. The molecule has 0 aliphatic carbocycles. The molecule has 2 aromatic rings. The third-order valence-electron chi connectivity index (χ3n) is 4.29. The lowest BCUT2D eigenvalue weighted by Gasteiger charge is -2.26. The summed E-state index contributed by atoms with van der Waals surface area (Å²) in [4.78, 5) is 14.6. The number of aromatic nitrogens is 1. The van der Waals surface area contributed by atoms with Crippen molar-refractivity contribution < 1.29 is 14.1 Å². The van der Waals surface area contributed by atoms with E-state index in [-0.39, 0.29) is 12.3 Å². The SMILES string of the molecule is Cc1noc(-c2ccccc2Cl)c1CC(=O)NCCN1CCOCC1. The number of rotatable bonds is 6. The van der Waals surface area contributed by atoms with E-state index in [1.165, 1.54) is 0 Å². The summed E-state index contributed by atoms with van der Waals surface area (Å²) < 4.78 is 10.7. The highest BCUT2D eigenvalue weighted by Gasteiger charge is 2.19. The van der Waals surface area contributed by atoms with E-state index >= 15 is 0 Å². The molecule has 0 unspecified atom stereocenters. The van der Waals surface area contributed by atoms with E-state index in [4.69, 9.17) is 20.9 Å². The Morgan fingerprint density at radius 2 is 2.08 bits per heavy atom. The van der Waals surface area contributed by atoms with Gasteiger partial charge in [0.25, 0.3) is 0 Å². The zero-order valence-electron chi connectivity index (χ0n) is 14.3. The predicted molar refractivity (Wildman–Crippen MR) is 95.7 cm³/mol. The third kappa shape index (κ3) is 4.60. The Bertz CT molecular complexity index is 726. The van der Waals surface area contributed by atoms with Crippen molar-refractivity contribution in [2.24, 2.45) is 0 Å². The van der Waals surface area contributed by atoms with Crippen LogP contribution in [0.25, 0.3) is 11.3 Å². The number of benzene rings is 1. The van der Waals surface area contributed by atoms with Gasteiger partial charge in [-0.25, -0.2) is 0 Å². The monoisotopic (exact) mass is 363 g/mol. The van der Waals surface area contributed by atoms with Crippen molar-refractivity contribution in [3.63, 3.8) is 0 Å². The minimum absolute atomic E-state index is 0.0483. The molecular weight excluding hydrogens is 342 g/mol. The Morgan fingerprint density at radius 1 is 1.32 bits per heavy atom.